The Balaban J connectivity index is 1.35. The number of allylic oxidation sites excluding steroid dienone is 1. The molecule has 9 nitrogen and oxygen atoms in total. The molecular formula is C25H22N8OS. The molecule has 0 unspecified atom stereocenters. The third kappa shape index (κ3) is 3.28. The minimum Gasteiger partial charge on any atom is -0.324 e. The Kier molecular flexibility index (Phi) is 4.58. The third-order valence-electron chi connectivity index (χ3n) is 6.71. The summed E-state index contributed by atoms with van der Waals surface area (Å²) in [7, 11) is 2.14. The summed E-state index contributed by atoms with van der Waals surface area (Å²) in [6.07, 6.45) is 10.2. The molecule has 1 aromatic carbocycles. The van der Waals surface area contributed by atoms with Crippen molar-refractivity contribution in [1.29, 1.82) is 0 Å². The van der Waals surface area contributed by atoms with Crippen LogP contribution in [-0.2, 0) is 19.4 Å². The van der Waals surface area contributed by atoms with E-state index in [1.165, 1.54) is 22.5 Å². The summed E-state index contributed by atoms with van der Waals surface area (Å²) in [4.78, 5) is 34.3. The van der Waals surface area contributed by atoms with Gasteiger partial charge in [-0.15, -0.1) is 11.3 Å². The summed E-state index contributed by atoms with van der Waals surface area (Å²) in [5, 5.41) is 6.31. The van der Waals surface area contributed by atoms with Gasteiger partial charge in [0, 0.05) is 42.1 Å². The summed E-state index contributed by atoms with van der Waals surface area (Å²) in [5.41, 5.74) is 6.42. The van der Waals surface area contributed by atoms with E-state index >= 15 is 0 Å². The van der Waals surface area contributed by atoms with Gasteiger partial charge >= 0.3 is 0 Å². The molecule has 5 heterocycles. The van der Waals surface area contributed by atoms with Gasteiger partial charge in [0.05, 0.1) is 5.69 Å². The zero-order valence-electron chi connectivity index (χ0n) is 19.1. The van der Waals surface area contributed by atoms with Gasteiger partial charge in [-0.05, 0) is 55.6 Å². The minimum absolute atomic E-state index is 0.201. The van der Waals surface area contributed by atoms with Gasteiger partial charge in [-0.1, -0.05) is 12.1 Å². The highest BCUT2D eigenvalue weighted by Crippen LogP contribution is 2.29. The van der Waals surface area contributed by atoms with Crippen LogP contribution in [0.1, 0.15) is 28.8 Å². The van der Waals surface area contributed by atoms with Crippen LogP contribution in [-0.4, -0.2) is 47.6 Å². The molecule has 2 aliphatic rings. The van der Waals surface area contributed by atoms with Gasteiger partial charge in [0.2, 0.25) is 11.1 Å². The topological polar surface area (TPSA) is 93.2 Å². The van der Waals surface area contributed by atoms with Crippen LogP contribution in [0, 0.1) is 0 Å². The fourth-order valence-corrected chi connectivity index (χ4v) is 5.65. The highest BCUT2D eigenvalue weighted by molar-refractivity contribution is 7.12. The van der Waals surface area contributed by atoms with Gasteiger partial charge in [-0.3, -0.25) is 4.79 Å². The van der Waals surface area contributed by atoms with Crippen molar-refractivity contribution in [3.05, 3.63) is 74.8 Å². The second-order valence-corrected chi connectivity index (χ2v) is 9.88. The third-order valence-corrected chi connectivity index (χ3v) is 7.46. The number of anilines is 2. The van der Waals surface area contributed by atoms with Crippen molar-refractivity contribution in [2.24, 2.45) is 0 Å². The van der Waals surface area contributed by atoms with Crippen molar-refractivity contribution in [2.75, 3.05) is 18.9 Å². The van der Waals surface area contributed by atoms with Crippen molar-refractivity contribution >= 4 is 45.7 Å². The number of hydrogen-bond acceptors (Lipinski definition) is 8. The lowest BCUT2D eigenvalue weighted by Crippen LogP contribution is -2.26. The summed E-state index contributed by atoms with van der Waals surface area (Å²) in [6.45, 7) is 2.01. The van der Waals surface area contributed by atoms with Crippen LogP contribution in [0.5, 0.6) is 0 Å². The molecule has 0 saturated heterocycles. The number of aromatic nitrogens is 6. The summed E-state index contributed by atoms with van der Waals surface area (Å²) in [5.74, 6) is 0.426. The van der Waals surface area contributed by atoms with Gasteiger partial charge in [0.1, 0.15) is 5.39 Å². The molecule has 10 heteroatoms. The molecule has 4 aromatic heterocycles. The molecule has 0 saturated carbocycles. The standard InChI is InChI=1S/C25H22N8OS/c1-31-10-8-15-12-17(7-6-16(15)14-31)28-24-27-13-19-21(30-24)29-22-18-4-2-3-5-20(18)32(33(22)23(19)34)25-26-9-11-35-25/h3,5-7,9,11-13H,2,4,8,10,14H2,1H3,(H,27,28,30). The smallest absolute Gasteiger partial charge is 0.284 e. The Morgan fingerprint density at radius 1 is 1.11 bits per heavy atom. The Morgan fingerprint density at radius 2 is 2.06 bits per heavy atom. The summed E-state index contributed by atoms with van der Waals surface area (Å²) < 4.78 is 3.47. The van der Waals surface area contributed by atoms with E-state index in [9.17, 15) is 4.79 Å². The monoisotopic (exact) mass is 482 g/mol. The molecule has 174 valence electrons. The molecule has 1 N–H and O–H groups in total. The Labute approximate surface area is 204 Å². The van der Waals surface area contributed by atoms with Crippen molar-refractivity contribution < 1.29 is 0 Å². The number of likely N-dealkylation sites (N-methyl/N-ethyl adjacent to an activating group) is 1. The van der Waals surface area contributed by atoms with Gasteiger partial charge in [0.25, 0.3) is 5.56 Å². The molecule has 5 aromatic rings. The Morgan fingerprint density at radius 3 is 2.94 bits per heavy atom. The molecule has 35 heavy (non-hydrogen) atoms. The van der Waals surface area contributed by atoms with Crippen molar-refractivity contribution in [1.82, 2.24) is 34.0 Å². The summed E-state index contributed by atoms with van der Waals surface area (Å²) in [6, 6.07) is 6.37. The SMILES string of the molecule is CN1CCc2cc(Nc3ncc4c(=O)n5c(nc4n3)c3c(n5-c4nccs4)C=CCC3)ccc2C1. The quantitative estimate of drug-likeness (QED) is 0.420. The second kappa shape index (κ2) is 7.82. The van der Waals surface area contributed by atoms with E-state index in [4.69, 9.17) is 4.98 Å². The van der Waals surface area contributed by atoms with Gasteiger partial charge in [-0.2, -0.15) is 9.50 Å². The molecule has 0 fully saturated rings. The second-order valence-electron chi connectivity index (χ2n) is 9.01. The number of rotatable bonds is 3. The minimum atomic E-state index is -0.201. The van der Waals surface area contributed by atoms with Crippen LogP contribution in [0.15, 0.2) is 46.8 Å². The van der Waals surface area contributed by atoms with Crippen LogP contribution in [0.25, 0.3) is 27.9 Å². The lowest BCUT2D eigenvalue weighted by atomic mass is 9.99. The first kappa shape index (κ1) is 20.5. The predicted molar refractivity (Wildman–Crippen MR) is 137 cm³/mol. The fraction of sp³-hybridized carbons (Fsp3) is 0.240. The van der Waals surface area contributed by atoms with Crippen LogP contribution >= 0.6 is 11.3 Å². The highest BCUT2D eigenvalue weighted by Gasteiger charge is 2.24. The van der Waals surface area contributed by atoms with Crippen LogP contribution in [0.3, 0.4) is 0 Å². The Hall–Kier alpha value is -3.89. The maximum absolute atomic E-state index is 13.6. The van der Waals surface area contributed by atoms with E-state index in [-0.39, 0.29) is 5.56 Å². The molecule has 0 bridgehead atoms. The lowest BCUT2D eigenvalue weighted by Gasteiger charge is -2.25. The van der Waals surface area contributed by atoms with Gasteiger partial charge in [0.15, 0.2) is 11.3 Å². The molecule has 0 amide bonds. The number of nitrogens with zero attached hydrogens (tertiary/aromatic N) is 7. The van der Waals surface area contributed by atoms with Crippen LogP contribution < -0.4 is 10.9 Å². The molecular weight excluding hydrogens is 460 g/mol. The first-order chi connectivity index (χ1) is 17.2. The number of thiazole rings is 1. The van der Waals surface area contributed by atoms with Crippen molar-refractivity contribution in [2.45, 2.75) is 25.8 Å². The zero-order chi connectivity index (χ0) is 23.5. The maximum Gasteiger partial charge on any atom is 0.284 e. The number of aryl methyl sites for hydroxylation is 1. The van der Waals surface area contributed by atoms with Crippen LogP contribution in [0.4, 0.5) is 11.6 Å². The fourth-order valence-electron chi connectivity index (χ4n) is 5.00. The molecule has 0 spiro atoms. The van der Waals surface area contributed by atoms with E-state index in [0.29, 0.717) is 22.6 Å². The molecule has 7 rings (SSSR count). The average molecular weight is 483 g/mol. The average Bonchev–Trinajstić information content (AvgIpc) is 3.51. The first-order valence-electron chi connectivity index (χ1n) is 11.6. The van der Waals surface area contributed by atoms with E-state index < -0.39 is 0 Å². The van der Waals surface area contributed by atoms with E-state index in [1.807, 2.05) is 22.2 Å². The number of fused-ring (bicyclic) bond motifs is 5. The number of hydrogen-bond donors (Lipinski definition) is 1. The summed E-state index contributed by atoms with van der Waals surface area (Å²) >= 11 is 1.48. The molecule has 1 aliphatic heterocycles. The molecule has 1 aliphatic carbocycles. The molecule has 0 atom stereocenters. The zero-order valence-corrected chi connectivity index (χ0v) is 19.9. The van der Waals surface area contributed by atoms with Crippen LogP contribution in [0.2, 0.25) is 0 Å². The van der Waals surface area contributed by atoms with E-state index in [2.05, 4.69) is 50.4 Å². The lowest BCUT2D eigenvalue weighted by molar-refractivity contribution is 0.313. The van der Waals surface area contributed by atoms with E-state index in [0.717, 1.165) is 54.4 Å². The largest absolute Gasteiger partial charge is 0.324 e. The first-order valence-corrected chi connectivity index (χ1v) is 12.5. The molecule has 0 radical (unpaired) electrons. The van der Waals surface area contributed by atoms with Gasteiger partial charge < -0.3 is 10.2 Å². The van der Waals surface area contributed by atoms with Crippen molar-refractivity contribution in [3.8, 4) is 5.13 Å². The van der Waals surface area contributed by atoms with Gasteiger partial charge in [-0.25, -0.2) is 19.6 Å². The van der Waals surface area contributed by atoms with Crippen molar-refractivity contribution in [3.63, 3.8) is 0 Å². The number of nitrogens with one attached hydrogen (secondary N) is 1. The Bertz CT molecular complexity index is 1700. The van der Waals surface area contributed by atoms with E-state index in [1.54, 1.807) is 16.9 Å². The number of benzene rings is 1. The maximum atomic E-state index is 13.6. The predicted octanol–water partition coefficient (Wildman–Crippen LogP) is 3.58. The highest BCUT2D eigenvalue weighted by atomic mass is 32.1. The normalized spacial score (nSPS) is 15.5.